The van der Waals surface area contributed by atoms with E-state index in [2.05, 4.69) is 9.61 Å². The van der Waals surface area contributed by atoms with E-state index in [4.69, 9.17) is 16.6 Å². The molecular weight excluding hydrogens is 270 g/mol. The van der Waals surface area contributed by atoms with Crippen molar-refractivity contribution in [3.63, 3.8) is 0 Å². The van der Waals surface area contributed by atoms with E-state index < -0.39 is 5.97 Å². The van der Waals surface area contributed by atoms with Gasteiger partial charge in [-0.05, 0) is 25.0 Å². The van der Waals surface area contributed by atoms with E-state index >= 15 is 0 Å². The zero-order valence-corrected chi connectivity index (χ0v) is 11.8. The predicted octanol–water partition coefficient (Wildman–Crippen LogP) is 2.92. The fourth-order valence-corrected chi connectivity index (χ4v) is 1.78. The summed E-state index contributed by atoms with van der Waals surface area (Å²) >= 11 is 5.10. The quantitative estimate of drug-likeness (QED) is 0.903. The minimum Gasteiger partial charge on any atom is -0.493 e. The third-order valence-electron chi connectivity index (χ3n) is 2.49. The predicted molar refractivity (Wildman–Crippen MR) is 72.6 cm³/mol. The molecule has 0 spiro atoms. The molecule has 0 bridgehead atoms. The summed E-state index contributed by atoms with van der Waals surface area (Å²) in [7, 11) is 0. The summed E-state index contributed by atoms with van der Waals surface area (Å²) in [5, 5.41) is 2.70. The number of anilines is 1. The molecule has 1 aromatic rings. The highest BCUT2D eigenvalue weighted by Crippen LogP contribution is 2.29. The molecule has 104 valence electrons. The molecule has 0 saturated heterocycles. The molecule has 0 aliphatic carbocycles. The van der Waals surface area contributed by atoms with Crippen LogP contribution in [0.15, 0.2) is 12.1 Å². The van der Waals surface area contributed by atoms with E-state index in [0.29, 0.717) is 24.5 Å². The molecule has 19 heavy (non-hydrogen) atoms. The minimum atomic E-state index is -0.686. The highest BCUT2D eigenvalue weighted by Gasteiger charge is 2.18. The minimum absolute atomic E-state index is 0.190. The topological polar surface area (TPSA) is 64.6 Å². The van der Waals surface area contributed by atoms with Crippen molar-refractivity contribution in [3.8, 4) is 5.75 Å². The summed E-state index contributed by atoms with van der Waals surface area (Å²) in [6.07, 6.45) is 0.643. The summed E-state index contributed by atoms with van der Waals surface area (Å²) < 4.78 is 9.58. The molecule has 0 aliphatic heterocycles. The van der Waals surface area contributed by atoms with E-state index in [0.717, 1.165) is 5.56 Å². The monoisotopic (exact) mass is 285 g/mol. The Hall–Kier alpha value is -1.75. The summed E-state index contributed by atoms with van der Waals surface area (Å²) in [5.74, 6) is -0.548. The number of aryl methyl sites for hydroxylation is 1. The SMILES string of the molecule is CCOc1cc(NC(C)=O)c(CC)cc1C(=O)OCl. The molecular formula is C13H16ClNO4. The Labute approximate surface area is 117 Å². The molecule has 0 aliphatic rings. The number of carbonyl (C=O) groups excluding carboxylic acids is 2. The van der Waals surface area contributed by atoms with Gasteiger partial charge in [-0.15, -0.1) is 0 Å². The first-order chi connectivity index (χ1) is 9.03. The van der Waals surface area contributed by atoms with E-state index in [1.165, 1.54) is 6.92 Å². The highest BCUT2D eigenvalue weighted by atomic mass is 35.5. The zero-order chi connectivity index (χ0) is 14.4. The van der Waals surface area contributed by atoms with Gasteiger partial charge in [-0.25, -0.2) is 4.79 Å². The Morgan fingerprint density at radius 1 is 1.32 bits per heavy atom. The second-order valence-corrected chi connectivity index (χ2v) is 3.99. The first kappa shape index (κ1) is 15.3. The molecule has 0 unspecified atom stereocenters. The molecule has 6 heteroatoms. The molecule has 0 saturated carbocycles. The van der Waals surface area contributed by atoms with Crippen LogP contribution in [0, 0.1) is 0 Å². The van der Waals surface area contributed by atoms with Crippen molar-refractivity contribution in [2.24, 2.45) is 0 Å². The van der Waals surface area contributed by atoms with Crippen molar-refractivity contribution in [3.05, 3.63) is 23.3 Å². The molecule has 0 heterocycles. The van der Waals surface area contributed by atoms with Crippen molar-refractivity contribution in [1.82, 2.24) is 0 Å². The van der Waals surface area contributed by atoms with Crippen LogP contribution in [0.4, 0.5) is 5.69 Å². The van der Waals surface area contributed by atoms with Gasteiger partial charge >= 0.3 is 5.97 Å². The fraction of sp³-hybridized carbons (Fsp3) is 0.385. The molecule has 1 aromatic carbocycles. The summed E-state index contributed by atoms with van der Waals surface area (Å²) in [6, 6.07) is 3.22. The van der Waals surface area contributed by atoms with Crippen LogP contribution in [0.2, 0.25) is 0 Å². The number of halogens is 1. The molecule has 1 N–H and O–H groups in total. The first-order valence-corrected chi connectivity index (χ1v) is 6.24. The van der Waals surface area contributed by atoms with Crippen molar-refractivity contribution >= 4 is 29.4 Å². The molecule has 1 amide bonds. The van der Waals surface area contributed by atoms with Gasteiger partial charge in [0.2, 0.25) is 5.91 Å². The lowest BCUT2D eigenvalue weighted by Crippen LogP contribution is -2.11. The lowest BCUT2D eigenvalue weighted by Gasteiger charge is -2.14. The van der Waals surface area contributed by atoms with Crippen LogP contribution in [0.5, 0.6) is 5.75 Å². The molecule has 0 atom stereocenters. The Kier molecular flexibility index (Phi) is 5.63. The van der Waals surface area contributed by atoms with Gasteiger partial charge in [0.25, 0.3) is 0 Å². The van der Waals surface area contributed by atoms with Crippen molar-refractivity contribution in [1.29, 1.82) is 0 Å². The van der Waals surface area contributed by atoms with Crippen molar-refractivity contribution in [2.75, 3.05) is 11.9 Å². The van der Waals surface area contributed by atoms with Gasteiger partial charge in [0.05, 0.1) is 6.61 Å². The average molecular weight is 286 g/mol. The van der Waals surface area contributed by atoms with Crippen LogP contribution in [0.3, 0.4) is 0 Å². The van der Waals surface area contributed by atoms with E-state index in [1.807, 2.05) is 6.92 Å². The second-order valence-electron chi connectivity index (χ2n) is 3.84. The van der Waals surface area contributed by atoms with Crippen LogP contribution in [0.1, 0.15) is 36.7 Å². The molecule has 0 radical (unpaired) electrons. The van der Waals surface area contributed by atoms with Gasteiger partial charge in [0.15, 0.2) is 0 Å². The summed E-state index contributed by atoms with van der Waals surface area (Å²) in [6.45, 7) is 5.51. The van der Waals surface area contributed by atoms with Crippen LogP contribution in [-0.2, 0) is 15.5 Å². The third kappa shape index (κ3) is 3.86. The molecule has 0 aromatic heterocycles. The van der Waals surface area contributed by atoms with Gasteiger partial charge in [0.1, 0.15) is 23.2 Å². The number of carbonyl (C=O) groups is 2. The maximum Gasteiger partial charge on any atom is 0.360 e. The van der Waals surface area contributed by atoms with Crippen LogP contribution >= 0.6 is 11.9 Å². The molecule has 5 nitrogen and oxygen atoms in total. The molecule has 0 fully saturated rings. The summed E-state index contributed by atoms with van der Waals surface area (Å²) in [4.78, 5) is 22.8. The largest absolute Gasteiger partial charge is 0.493 e. The maximum atomic E-state index is 11.6. The number of amides is 1. The Bertz CT molecular complexity index is 488. The number of nitrogens with one attached hydrogen (secondary N) is 1. The Morgan fingerprint density at radius 3 is 2.47 bits per heavy atom. The number of rotatable bonds is 5. The normalized spacial score (nSPS) is 9.89. The number of hydrogen-bond acceptors (Lipinski definition) is 4. The van der Waals surface area contributed by atoms with Crippen LogP contribution in [-0.4, -0.2) is 18.5 Å². The maximum absolute atomic E-state index is 11.6. The van der Waals surface area contributed by atoms with Crippen LogP contribution in [0.25, 0.3) is 0 Å². The van der Waals surface area contributed by atoms with Gasteiger partial charge in [0, 0.05) is 18.7 Å². The number of ether oxygens (including phenoxy) is 1. The van der Waals surface area contributed by atoms with Crippen molar-refractivity contribution < 1.29 is 18.6 Å². The van der Waals surface area contributed by atoms with Gasteiger partial charge < -0.3 is 14.3 Å². The average Bonchev–Trinajstić information content (AvgIpc) is 2.38. The van der Waals surface area contributed by atoms with E-state index in [-0.39, 0.29) is 11.5 Å². The highest BCUT2D eigenvalue weighted by molar-refractivity contribution is 6.16. The smallest absolute Gasteiger partial charge is 0.360 e. The van der Waals surface area contributed by atoms with Crippen LogP contribution < -0.4 is 10.1 Å². The Balaban J connectivity index is 3.32. The molecule has 1 rings (SSSR count). The van der Waals surface area contributed by atoms with Gasteiger partial charge in [-0.2, -0.15) is 0 Å². The van der Waals surface area contributed by atoms with Gasteiger partial charge in [-0.1, -0.05) is 6.92 Å². The first-order valence-electron chi connectivity index (χ1n) is 5.93. The number of benzene rings is 1. The summed E-state index contributed by atoms with van der Waals surface area (Å²) in [5.41, 5.74) is 1.66. The third-order valence-corrected chi connectivity index (χ3v) is 2.63. The fourth-order valence-electron chi connectivity index (χ4n) is 1.70. The Morgan fingerprint density at radius 2 is 2.00 bits per heavy atom. The lowest BCUT2D eigenvalue weighted by atomic mass is 10.0. The lowest BCUT2D eigenvalue weighted by molar-refractivity contribution is -0.114. The van der Waals surface area contributed by atoms with Gasteiger partial charge in [-0.3, -0.25) is 4.79 Å². The van der Waals surface area contributed by atoms with E-state index in [9.17, 15) is 9.59 Å². The van der Waals surface area contributed by atoms with Crippen molar-refractivity contribution in [2.45, 2.75) is 27.2 Å². The second kappa shape index (κ2) is 6.99. The zero-order valence-electron chi connectivity index (χ0n) is 11.1. The van der Waals surface area contributed by atoms with E-state index in [1.54, 1.807) is 19.1 Å². The number of hydrogen-bond donors (Lipinski definition) is 1. The standard InChI is InChI=1S/C13H16ClNO4/c1-4-9-6-10(13(17)19-14)12(18-5-2)7-11(9)15-8(3)16/h6-7H,4-5H2,1-3H3,(H,15,16).